The second kappa shape index (κ2) is 7.47. The van der Waals surface area contributed by atoms with Crippen LogP contribution in [0.15, 0.2) is 48.5 Å². The topological polar surface area (TPSA) is 49.4 Å². The van der Waals surface area contributed by atoms with Crippen LogP contribution in [-0.4, -0.2) is 17.9 Å². The Morgan fingerprint density at radius 3 is 2.40 bits per heavy atom. The number of unbranched alkanes of at least 4 members (excludes halogenated alkanes) is 1. The fraction of sp³-hybridized carbons (Fsp3) is 0.300. The average Bonchev–Trinajstić information content (AvgIpc) is 2.89. The van der Waals surface area contributed by atoms with E-state index in [9.17, 15) is 14.0 Å². The Balaban J connectivity index is 1.68. The molecule has 0 radical (unpaired) electrons. The molecule has 1 aliphatic heterocycles. The molecule has 5 heteroatoms. The smallest absolute Gasteiger partial charge is 0.256 e. The van der Waals surface area contributed by atoms with Crippen LogP contribution in [0.3, 0.4) is 0 Å². The molecule has 0 aliphatic carbocycles. The minimum Gasteiger partial charge on any atom is -0.373 e. The summed E-state index contributed by atoms with van der Waals surface area (Å²) in [7, 11) is 0. The summed E-state index contributed by atoms with van der Waals surface area (Å²) >= 11 is 0. The first-order chi connectivity index (χ1) is 12.1. The van der Waals surface area contributed by atoms with Gasteiger partial charge in [-0.2, -0.15) is 0 Å². The van der Waals surface area contributed by atoms with Crippen molar-refractivity contribution in [3.63, 3.8) is 0 Å². The molecule has 1 fully saturated rings. The van der Waals surface area contributed by atoms with Gasteiger partial charge in [-0.25, -0.2) is 9.29 Å². The fourth-order valence-electron chi connectivity index (χ4n) is 2.96. The van der Waals surface area contributed by atoms with Crippen molar-refractivity contribution >= 4 is 23.2 Å². The summed E-state index contributed by atoms with van der Waals surface area (Å²) in [6, 6.07) is 12.7. The summed E-state index contributed by atoms with van der Waals surface area (Å²) < 4.78 is 13.0. The highest BCUT2D eigenvalue weighted by Crippen LogP contribution is 2.25. The highest BCUT2D eigenvalue weighted by atomic mass is 19.1. The number of nitrogens with one attached hydrogen (secondary N) is 1. The van der Waals surface area contributed by atoms with Crippen molar-refractivity contribution < 1.29 is 14.0 Å². The van der Waals surface area contributed by atoms with Gasteiger partial charge in [0.05, 0.1) is 12.1 Å². The SMILES string of the molecule is CCCCc1ccc(NC2CC(=O)N(c3ccc(F)cc3)C2=O)cc1. The van der Waals surface area contributed by atoms with E-state index in [0.29, 0.717) is 5.69 Å². The molecule has 4 nitrogen and oxygen atoms in total. The van der Waals surface area contributed by atoms with E-state index in [4.69, 9.17) is 0 Å². The molecule has 0 bridgehead atoms. The molecule has 1 atom stereocenters. The van der Waals surface area contributed by atoms with Gasteiger partial charge in [0.1, 0.15) is 11.9 Å². The Morgan fingerprint density at radius 1 is 1.08 bits per heavy atom. The summed E-state index contributed by atoms with van der Waals surface area (Å²) in [5.74, 6) is -0.999. The van der Waals surface area contributed by atoms with E-state index < -0.39 is 11.9 Å². The quantitative estimate of drug-likeness (QED) is 0.811. The van der Waals surface area contributed by atoms with E-state index in [1.54, 1.807) is 0 Å². The second-order valence-corrected chi connectivity index (χ2v) is 6.25. The first-order valence-corrected chi connectivity index (χ1v) is 8.56. The molecule has 2 aromatic carbocycles. The third-order valence-electron chi connectivity index (χ3n) is 4.35. The molecule has 1 unspecified atom stereocenters. The van der Waals surface area contributed by atoms with E-state index in [0.717, 1.165) is 29.8 Å². The molecule has 2 aromatic rings. The van der Waals surface area contributed by atoms with Crippen molar-refractivity contribution in [2.24, 2.45) is 0 Å². The van der Waals surface area contributed by atoms with Crippen LogP contribution in [0.25, 0.3) is 0 Å². The lowest BCUT2D eigenvalue weighted by Gasteiger charge is -2.16. The third-order valence-corrected chi connectivity index (χ3v) is 4.35. The molecule has 25 heavy (non-hydrogen) atoms. The van der Waals surface area contributed by atoms with Crippen molar-refractivity contribution in [2.75, 3.05) is 10.2 Å². The first-order valence-electron chi connectivity index (χ1n) is 8.56. The number of hydrogen-bond donors (Lipinski definition) is 1. The van der Waals surface area contributed by atoms with Crippen LogP contribution in [0.4, 0.5) is 15.8 Å². The van der Waals surface area contributed by atoms with Gasteiger partial charge in [0.2, 0.25) is 5.91 Å². The summed E-state index contributed by atoms with van der Waals surface area (Å²) in [6.07, 6.45) is 3.43. The highest BCUT2D eigenvalue weighted by molar-refractivity contribution is 6.23. The number of rotatable bonds is 6. The Morgan fingerprint density at radius 2 is 1.76 bits per heavy atom. The third kappa shape index (κ3) is 3.87. The van der Waals surface area contributed by atoms with Crippen molar-refractivity contribution in [1.29, 1.82) is 0 Å². The number of amides is 2. The standard InChI is InChI=1S/C20H21FN2O2/c1-2-3-4-14-5-9-16(10-6-14)22-18-13-19(24)23(20(18)25)17-11-7-15(21)8-12-17/h5-12,18,22H,2-4,13H2,1H3. The van der Waals surface area contributed by atoms with Gasteiger partial charge < -0.3 is 5.32 Å². The molecule has 1 aliphatic rings. The molecule has 0 saturated carbocycles. The van der Waals surface area contributed by atoms with E-state index in [1.807, 2.05) is 24.3 Å². The van der Waals surface area contributed by atoms with Gasteiger partial charge in [-0.15, -0.1) is 0 Å². The Labute approximate surface area is 146 Å². The van der Waals surface area contributed by atoms with Gasteiger partial charge in [-0.05, 0) is 54.8 Å². The Bertz CT molecular complexity index is 756. The second-order valence-electron chi connectivity index (χ2n) is 6.25. The monoisotopic (exact) mass is 340 g/mol. The van der Waals surface area contributed by atoms with Gasteiger partial charge in [0, 0.05) is 5.69 Å². The number of halogens is 1. The zero-order valence-electron chi connectivity index (χ0n) is 14.2. The van der Waals surface area contributed by atoms with Gasteiger partial charge >= 0.3 is 0 Å². The summed E-state index contributed by atoms with van der Waals surface area (Å²) in [5, 5.41) is 3.13. The van der Waals surface area contributed by atoms with Gasteiger partial charge in [-0.1, -0.05) is 25.5 Å². The summed E-state index contributed by atoms with van der Waals surface area (Å²) in [4.78, 5) is 25.9. The first kappa shape index (κ1) is 17.1. The molecule has 2 amide bonds. The predicted molar refractivity (Wildman–Crippen MR) is 96.0 cm³/mol. The zero-order valence-corrected chi connectivity index (χ0v) is 14.2. The van der Waals surface area contributed by atoms with E-state index >= 15 is 0 Å². The van der Waals surface area contributed by atoms with Crippen molar-refractivity contribution in [3.8, 4) is 0 Å². The van der Waals surface area contributed by atoms with Crippen LogP contribution in [0.5, 0.6) is 0 Å². The van der Waals surface area contributed by atoms with Crippen LogP contribution >= 0.6 is 0 Å². The zero-order chi connectivity index (χ0) is 17.8. The molecular formula is C20H21FN2O2. The fourth-order valence-corrected chi connectivity index (χ4v) is 2.96. The Kier molecular flexibility index (Phi) is 5.12. The molecule has 0 spiro atoms. The van der Waals surface area contributed by atoms with Crippen LogP contribution < -0.4 is 10.2 Å². The largest absolute Gasteiger partial charge is 0.373 e. The lowest BCUT2D eigenvalue weighted by Crippen LogP contribution is -2.34. The number of carbonyl (C=O) groups is 2. The lowest BCUT2D eigenvalue weighted by atomic mass is 10.1. The van der Waals surface area contributed by atoms with Crippen molar-refractivity contribution in [1.82, 2.24) is 0 Å². The average molecular weight is 340 g/mol. The van der Waals surface area contributed by atoms with Gasteiger partial charge in [-0.3, -0.25) is 9.59 Å². The number of hydrogen-bond acceptors (Lipinski definition) is 3. The number of aryl methyl sites for hydroxylation is 1. The minimum absolute atomic E-state index is 0.0911. The number of imide groups is 1. The Hall–Kier alpha value is -2.69. The maximum Gasteiger partial charge on any atom is 0.256 e. The number of anilines is 2. The number of benzene rings is 2. The maximum atomic E-state index is 13.0. The molecule has 3 rings (SSSR count). The molecule has 1 heterocycles. The molecular weight excluding hydrogens is 319 g/mol. The van der Waals surface area contributed by atoms with E-state index in [-0.39, 0.29) is 18.2 Å². The summed E-state index contributed by atoms with van der Waals surface area (Å²) in [5.41, 5.74) is 2.47. The van der Waals surface area contributed by atoms with E-state index in [2.05, 4.69) is 12.2 Å². The number of nitrogens with zero attached hydrogens (tertiary/aromatic N) is 1. The van der Waals surface area contributed by atoms with Crippen LogP contribution in [0.2, 0.25) is 0 Å². The molecule has 130 valence electrons. The van der Waals surface area contributed by atoms with Crippen LogP contribution in [0.1, 0.15) is 31.7 Å². The summed E-state index contributed by atoms with van der Waals surface area (Å²) in [6.45, 7) is 2.16. The van der Waals surface area contributed by atoms with E-state index in [1.165, 1.54) is 29.8 Å². The molecule has 0 aromatic heterocycles. The molecule has 1 N–H and O–H groups in total. The lowest BCUT2D eigenvalue weighted by molar-refractivity contribution is -0.121. The van der Waals surface area contributed by atoms with Crippen LogP contribution in [0, 0.1) is 5.82 Å². The highest BCUT2D eigenvalue weighted by Gasteiger charge is 2.39. The van der Waals surface area contributed by atoms with Gasteiger partial charge in [0.15, 0.2) is 0 Å². The normalized spacial score (nSPS) is 17.2. The number of carbonyl (C=O) groups excluding carboxylic acids is 2. The predicted octanol–water partition coefficient (Wildman–Crippen LogP) is 3.91. The molecule has 1 saturated heterocycles. The van der Waals surface area contributed by atoms with Gasteiger partial charge in [0.25, 0.3) is 5.91 Å². The minimum atomic E-state index is -0.598. The van der Waals surface area contributed by atoms with Crippen LogP contribution in [-0.2, 0) is 16.0 Å². The van der Waals surface area contributed by atoms with Crippen molar-refractivity contribution in [3.05, 3.63) is 59.9 Å². The van der Waals surface area contributed by atoms with Crippen molar-refractivity contribution in [2.45, 2.75) is 38.6 Å². The maximum absolute atomic E-state index is 13.0.